The number of rotatable bonds is 6. The normalized spacial score (nSPS) is 15.3. The average molecular weight is 370 g/mol. The molecule has 1 aromatic carbocycles. The number of aryl methyl sites for hydroxylation is 1. The van der Waals surface area contributed by atoms with E-state index in [1.54, 1.807) is 11.8 Å². The van der Waals surface area contributed by atoms with E-state index in [0.717, 1.165) is 11.3 Å². The summed E-state index contributed by atoms with van der Waals surface area (Å²) in [7, 11) is 1.83. The van der Waals surface area contributed by atoms with E-state index in [1.165, 1.54) is 0 Å². The molecule has 140 valence electrons. The minimum Gasteiger partial charge on any atom is -0.481 e. The van der Waals surface area contributed by atoms with Gasteiger partial charge in [-0.05, 0) is 32.5 Å². The summed E-state index contributed by atoms with van der Waals surface area (Å²) in [5, 5.41) is 2.98. The molecule has 1 heterocycles. The van der Waals surface area contributed by atoms with Crippen LogP contribution in [0.3, 0.4) is 0 Å². The summed E-state index contributed by atoms with van der Waals surface area (Å²) in [5.74, 6) is 0.848. The zero-order valence-electron chi connectivity index (χ0n) is 15.2. The van der Waals surface area contributed by atoms with E-state index in [1.807, 2.05) is 43.1 Å². The van der Waals surface area contributed by atoms with E-state index in [2.05, 4.69) is 5.32 Å². The Morgan fingerprint density at radius 3 is 2.36 bits per heavy atom. The summed E-state index contributed by atoms with van der Waals surface area (Å²) in [4.78, 5) is 28.2. The molecule has 0 bridgehead atoms. The molecule has 1 unspecified atom stereocenters. The van der Waals surface area contributed by atoms with Crippen molar-refractivity contribution in [1.29, 1.82) is 0 Å². The third-order valence-electron chi connectivity index (χ3n) is 4.28. The van der Waals surface area contributed by atoms with Gasteiger partial charge >= 0.3 is 0 Å². The topological polar surface area (TPSA) is 61.9 Å². The van der Waals surface area contributed by atoms with Crippen molar-refractivity contribution >= 4 is 24.2 Å². The fourth-order valence-electron chi connectivity index (χ4n) is 2.75. The molecule has 7 heteroatoms. The predicted octanol–water partition coefficient (Wildman–Crippen LogP) is 1.46. The molecule has 1 atom stereocenters. The lowest BCUT2D eigenvalue weighted by atomic mass is 10.2. The van der Waals surface area contributed by atoms with E-state index >= 15 is 0 Å². The molecule has 0 saturated carbocycles. The van der Waals surface area contributed by atoms with E-state index < -0.39 is 6.10 Å². The van der Waals surface area contributed by atoms with E-state index in [-0.39, 0.29) is 24.2 Å². The maximum absolute atomic E-state index is 12.5. The first-order chi connectivity index (χ1) is 11.5. The molecule has 0 spiro atoms. The van der Waals surface area contributed by atoms with Crippen LogP contribution in [0, 0.1) is 6.92 Å². The van der Waals surface area contributed by atoms with E-state index in [4.69, 9.17) is 4.74 Å². The van der Waals surface area contributed by atoms with Crippen LogP contribution in [-0.2, 0) is 9.59 Å². The monoisotopic (exact) mass is 369 g/mol. The molecule has 2 rings (SSSR count). The molecule has 0 radical (unpaired) electrons. The van der Waals surface area contributed by atoms with Crippen LogP contribution < -0.4 is 10.1 Å². The molecule has 0 aliphatic carbocycles. The van der Waals surface area contributed by atoms with Gasteiger partial charge in [-0.25, -0.2) is 0 Å². The Kier molecular flexibility index (Phi) is 8.72. The largest absolute Gasteiger partial charge is 0.481 e. The Bertz CT molecular complexity index is 574. The van der Waals surface area contributed by atoms with Gasteiger partial charge in [-0.3, -0.25) is 9.59 Å². The van der Waals surface area contributed by atoms with E-state index in [0.29, 0.717) is 39.1 Å². The summed E-state index contributed by atoms with van der Waals surface area (Å²) >= 11 is 0. The summed E-state index contributed by atoms with van der Waals surface area (Å²) in [6.45, 7) is 6.72. The molecule has 1 saturated heterocycles. The fourth-order valence-corrected chi connectivity index (χ4v) is 2.75. The van der Waals surface area contributed by atoms with Crippen LogP contribution >= 0.6 is 12.4 Å². The van der Waals surface area contributed by atoms with Gasteiger partial charge in [0.2, 0.25) is 5.91 Å². The van der Waals surface area contributed by atoms with Crippen molar-refractivity contribution in [3.8, 4) is 5.75 Å². The van der Waals surface area contributed by atoms with Gasteiger partial charge in [-0.15, -0.1) is 12.4 Å². The predicted molar refractivity (Wildman–Crippen MR) is 100 cm³/mol. The number of amides is 2. The number of benzene rings is 1. The minimum atomic E-state index is -0.530. The molecule has 25 heavy (non-hydrogen) atoms. The summed E-state index contributed by atoms with van der Waals surface area (Å²) < 4.78 is 5.81. The van der Waals surface area contributed by atoms with E-state index in [9.17, 15) is 9.59 Å². The molecule has 1 aliphatic rings. The number of piperazine rings is 1. The first-order valence-electron chi connectivity index (χ1n) is 8.46. The molecule has 1 N–H and O–H groups in total. The molecular weight excluding hydrogens is 342 g/mol. The summed E-state index contributed by atoms with van der Waals surface area (Å²) in [5.41, 5.74) is 1.01. The van der Waals surface area contributed by atoms with Crippen LogP contribution in [0.2, 0.25) is 0 Å². The van der Waals surface area contributed by atoms with Crippen molar-refractivity contribution in [2.45, 2.75) is 26.4 Å². The van der Waals surface area contributed by atoms with Crippen LogP contribution in [0.25, 0.3) is 0 Å². The van der Waals surface area contributed by atoms with Crippen molar-refractivity contribution in [3.63, 3.8) is 0 Å². The first-order valence-corrected chi connectivity index (χ1v) is 8.46. The third kappa shape index (κ3) is 5.90. The fraction of sp³-hybridized carbons (Fsp3) is 0.556. The highest BCUT2D eigenvalue weighted by atomic mass is 35.5. The maximum Gasteiger partial charge on any atom is 0.263 e. The Hall–Kier alpha value is -1.79. The van der Waals surface area contributed by atoms with Crippen LogP contribution in [0.1, 0.15) is 18.9 Å². The summed E-state index contributed by atoms with van der Waals surface area (Å²) in [6.07, 6.45) is -0.0327. The quantitative estimate of drug-likeness (QED) is 0.824. The number of para-hydroxylation sites is 1. The second-order valence-electron chi connectivity index (χ2n) is 6.09. The number of halogens is 1. The van der Waals surface area contributed by atoms with Crippen molar-refractivity contribution in [2.75, 3.05) is 39.8 Å². The average Bonchev–Trinajstić information content (AvgIpc) is 2.61. The number of ether oxygens (including phenoxy) is 1. The highest BCUT2D eigenvalue weighted by molar-refractivity contribution is 5.85. The van der Waals surface area contributed by atoms with Crippen LogP contribution in [-0.4, -0.2) is 67.5 Å². The molecule has 1 aromatic rings. The number of hydrogen-bond acceptors (Lipinski definition) is 4. The highest BCUT2D eigenvalue weighted by Crippen LogP contribution is 2.18. The lowest BCUT2D eigenvalue weighted by molar-refractivity contribution is -0.143. The van der Waals surface area contributed by atoms with Gasteiger partial charge in [0.05, 0.1) is 0 Å². The number of hydrogen-bond donors (Lipinski definition) is 1. The Morgan fingerprint density at radius 2 is 1.76 bits per heavy atom. The number of nitrogens with zero attached hydrogens (tertiary/aromatic N) is 2. The first kappa shape index (κ1) is 21.3. The molecule has 1 aliphatic heterocycles. The zero-order valence-corrected chi connectivity index (χ0v) is 16.0. The molecule has 2 amide bonds. The summed E-state index contributed by atoms with van der Waals surface area (Å²) in [6, 6.07) is 7.67. The van der Waals surface area contributed by atoms with Crippen molar-refractivity contribution < 1.29 is 14.3 Å². The van der Waals surface area contributed by atoms with Crippen molar-refractivity contribution in [2.24, 2.45) is 0 Å². The van der Waals surface area contributed by atoms with Gasteiger partial charge in [0.25, 0.3) is 5.91 Å². The Labute approximate surface area is 155 Å². The van der Waals surface area contributed by atoms with Crippen LogP contribution in [0.5, 0.6) is 5.75 Å². The SMILES string of the molecule is CNCCC(=O)N1CCN(C(=O)C(C)Oc2ccccc2C)CC1.Cl. The van der Waals surface area contributed by atoms with Gasteiger partial charge in [-0.2, -0.15) is 0 Å². The molecule has 6 nitrogen and oxygen atoms in total. The Balaban J connectivity index is 0.00000312. The molecular formula is C18H28ClN3O3. The highest BCUT2D eigenvalue weighted by Gasteiger charge is 2.27. The van der Waals surface area contributed by atoms with Crippen LogP contribution in [0.15, 0.2) is 24.3 Å². The lowest BCUT2D eigenvalue weighted by Crippen LogP contribution is -2.53. The molecule has 0 aromatic heterocycles. The number of carbonyl (C=O) groups excluding carboxylic acids is 2. The smallest absolute Gasteiger partial charge is 0.263 e. The second-order valence-corrected chi connectivity index (χ2v) is 6.09. The van der Waals surface area contributed by atoms with Crippen molar-refractivity contribution in [1.82, 2.24) is 15.1 Å². The van der Waals surface area contributed by atoms with Gasteiger partial charge in [-0.1, -0.05) is 18.2 Å². The second kappa shape index (κ2) is 10.3. The van der Waals surface area contributed by atoms with Gasteiger partial charge in [0.15, 0.2) is 6.10 Å². The zero-order chi connectivity index (χ0) is 17.5. The Morgan fingerprint density at radius 1 is 1.16 bits per heavy atom. The number of nitrogens with one attached hydrogen (secondary N) is 1. The number of carbonyl (C=O) groups is 2. The van der Waals surface area contributed by atoms with Gasteiger partial charge < -0.3 is 19.9 Å². The van der Waals surface area contributed by atoms with Gasteiger partial charge in [0, 0.05) is 39.1 Å². The standard InChI is InChI=1S/C18H27N3O3.ClH/c1-14-6-4-5-7-16(14)24-15(2)18(23)21-12-10-20(11-13-21)17(22)8-9-19-3;/h4-7,15,19H,8-13H2,1-3H3;1H. The lowest BCUT2D eigenvalue weighted by Gasteiger charge is -2.36. The van der Waals surface area contributed by atoms with Gasteiger partial charge in [0.1, 0.15) is 5.75 Å². The molecule has 1 fully saturated rings. The van der Waals surface area contributed by atoms with Crippen molar-refractivity contribution in [3.05, 3.63) is 29.8 Å². The van der Waals surface area contributed by atoms with Crippen LogP contribution in [0.4, 0.5) is 0 Å². The maximum atomic E-state index is 12.5. The third-order valence-corrected chi connectivity index (χ3v) is 4.28. The minimum absolute atomic E-state index is 0.